The van der Waals surface area contributed by atoms with Gasteiger partial charge in [0.05, 0.1) is 5.56 Å². The summed E-state index contributed by atoms with van der Waals surface area (Å²) in [7, 11) is 0. The minimum atomic E-state index is -0.608. The summed E-state index contributed by atoms with van der Waals surface area (Å²) in [5.41, 5.74) is 1.63. The maximum Gasteiger partial charge on any atom is 0.339 e. The second-order valence-electron chi connectivity index (χ2n) is 6.34. The lowest BCUT2D eigenvalue weighted by molar-refractivity contribution is -0.123. The number of aryl methyl sites for hydroxylation is 1. The molecule has 6 nitrogen and oxygen atoms in total. The van der Waals surface area contributed by atoms with E-state index in [4.69, 9.17) is 4.74 Å². The van der Waals surface area contributed by atoms with E-state index in [0.29, 0.717) is 5.56 Å². The van der Waals surface area contributed by atoms with Crippen molar-refractivity contribution in [3.05, 3.63) is 21.4 Å². The number of carbonyl (C=O) groups excluding carboxylic acids is 3. The van der Waals surface area contributed by atoms with Crippen LogP contribution in [0.2, 0.25) is 0 Å². The van der Waals surface area contributed by atoms with Gasteiger partial charge in [-0.25, -0.2) is 9.59 Å². The Morgan fingerprint density at radius 3 is 2.67 bits per heavy atom. The van der Waals surface area contributed by atoms with Crippen molar-refractivity contribution in [2.45, 2.75) is 57.4 Å². The van der Waals surface area contributed by atoms with Crippen LogP contribution in [0.25, 0.3) is 0 Å². The molecule has 3 amide bonds. The summed E-state index contributed by atoms with van der Waals surface area (Å²) < 4.78 is 5.06. The first-order chi connectivity index (χ1) is 11.6. The lowest BCUT2D eigenvalue weighted by atomic mass is 9.96. The summed E-state index contributed by atoms with van der Waals surface area (Å²) in [5.74, 6) is -1.09. The Hall–Kier alpha value is -1.89. The number of carbonyl (C=O) groups is 3. The summed E-state index contributed by atoms with van der Waals surface area (Å²) >= 11 is 1.58. The van der Waals surface area contributed by atoms with Crippen LogP contribution in [-0.2, 0) is 22.4 Å². The fourth-order valence-electron chi connectivity index (χ4n) is 3.33. The number of imide groups is 1. The van der Waals surface area contributed by atoms with Gasteiger partial charge in [-0.05, 0) is 44.1 Å². The van der Waals surface area contributed by atoms with Gasteiger partial charge in [-0.3, -0.25) is 10.1 Å². The third-order valence-electron chi connectivity index (χ3n) is 4.56. The molecule has 0 atom stereocenters. The Labute approximate surface area is 145 Å². The number of rotatable bonds is 4. The molecule has 7 heteroatoms. The second-order valence-corrected chi connectivity index (χ2v) is 7.30. The molecule has 0 aromatic carbocycles. The van der Waals surface area contributed by atoms with Crippen LogP contribution in [0, 0.1) is 0 Å². The van der Waals surface area contributed by atoms with Crippen LogP contribution in [-0.4, -0.2) is 30.6 Å². The van der Waals surface area contributed by atoms with Gasteiger partial charge in [0.25, 0.3) is 5.91 Å². The zero-order chi connectivity index (χ0) is 16.9. The molecule has 1 saturated carbocycles. The molecular formula is C17H22N2O4S. The van der Waals surface area contributed by atoms with Crippen LogP contribution in [0.15, 0.2) is 5.38 Å². The van der Waals surface area contributed by atoms with Crippen molar-refractivity contribution >= 4 is 29.2 Å². The Kier molecular flexibility index (Phi) is 5.50. The van der Waals surface area contributed by atoms with Gasteiger partial charge >= 0.3 is 12.0 Å². The molecule has 1 fully saturated rings. The first-order valence-corrected chi connectivity index (χ1v) is 9.38. The SMILES string of the molecule is O=C(COC(=O)c1csc2c1CCCC2)NC(=O)NC1CCCC1. The average molecular weight is 350 g/mol. The second kappa shape index (κ2) is 7.79. The molecular weight excluding hydrogens is 328 g/mol. The Balaban J connectivity index is 1.44. The highest BCUT2D eigenvalue weighted by molar-refractivity contribution is 7.10. The molecule has 0 spiro atoms. The zero-order valence-corrected chi connectivity index (χ0v) is 14.4. The van der Waals surface area contributed by atoms with E-state index in [1.165, 1.54) is 4.88 Å². The zero-order valence-electron chi connectivity index (χ0n) is 13.6. The number of thiophene rings is 1. The molecule has 2 aliphatic carbocycles. The van der Waals surface area contributed by atoms with Gasteiger partial charge in [-0.1, -0.05) is 12.8 Å². The maximum atomic E-state index is 12.2. The highest BCUT2D eigenvalue weighted by atomic mass is 32.1. The van der Waals surface area contributed by atoms with Crippen molar-refractivity contribution in [3.8, 4) is 0 Å². The third-order valence-corrected chi connectivity index (χ3v) is 5.65. The number of amides is 3. The van der Waals surface area contributed by atoms with Crippen molar-refractivity contribution in [1.29, 1.82) is 0 Å². The minimum absolute atomic E-state index is 0.137. The normalized spacial score (nSPS) is 17.2. The topological polar surface area (TPSA) is 84.5 Å². The predicted octanol–water partition coefficient (Wildman–Crippen LogP) is 2.55. The molecule has 1 aromatic heterocycles. The van der Waals surface area contributed by atoms with Gasteiger partial charge in [-0.15, -0.1) is 11.3 Å². The van der Waals surface area contributed by atoms with Gasteiger partial charge in [0.1, 0.15) is 0 Å². The van der Waals surface area contributed by atoms with Crippen LogP contribution in [0.5, 0.6) is 0 Å². The van der Waals surface area contributed by atoms with E-state index in [9.17, 15) is 14.4 Å². The van der Waals surface area contributed by atoms with Crippen LogP contribution in [0.4, 0.5) is 4.79 Å². The van der Waals surface area contributed by atoms with Gasteiger partial charge in [0.15, 0.2) is 6.61 Å². The highest BCUT2D eigenvalue weighted by Crippen LogP contribution is 2.30. The predicted molar refractivity (Wildman–Crippen MR) is 90.2 cm³/mol. The molecule has 0 radical (unpaired) electrons. The number of urea groups is 1. The number of hydrogen-bond donors (Lipinski definition) is 2. The van der Waals surface area contributed by atoms with Crippen molar-refractivity contribution in [3.63, 3.8) is 0 Å². The third kappa shape index (κ3) is 4.14. The lowest BCUT2D eigenvalue weighted by Gasteiger charge is -2.13. The van der Waals surface area contributed by atoms with Gasteiger partial charge < -0.3 is 10.1 Å². The van der Waals surface area contributed by atoms with E-state index in [0.717, 1.165) is 56.9 Å². The number of esters is 1. The summed E-state index contributed by atoms with van der Waals surface area (Å²) in [4.78, 5) is 36.8. The van der Waals surface area contributed by atoms with E-state index in [2.05, 4.69) is 10.6 Å². The van der Waals surface area contributed by atoms with Crippen LogP contribution < -0.4 is 10.6 Å². The summed E-state index contributed by atoms with van der Waals surface area (Å²) in [6.45, 7) is -0.443. The maximum absolute atomic E-state index is 12.2. The van der Waals surface area contributed by atoms with Crippen LogP contribution >= 0.6 is 11.3 Å². The van der Waals surface area contributed by atoms with Crippen molar-refractivity contribution in [2.24, 2.45) is 0 Å². The Bertz CT molecular complexity index is 635. The molecule has 0 bridgehead atoms. The molecule has 24 heavy (non-hydrogen) atoms. The fraction of sp³-hybridized carbons (Fsp3) is 0.588. The van der Waals surface area contributed by atoms with Gasteiger partial charge in [0.2, 0.25) is 0 Å². The van der Waals surface area contributed by atoms with Crippen molar-refractivity contribution in [1.82, 2.24) is 10.6 Å². The highest BCUT2D eigenvalue weighted by Gasteiger charge is 2.22. The van der Waals surface area contributed by atoms with E-state index in [-0.39, 0.29) is 6.04 Å². The molecule has 0 saturated heterocycles. The largest absolute Gasteiger partial charge is 0.452 e. The van der Waals surface area contributed by atoms with E-state index in [1.807, 2.05) is 5.38 Å². The molecule has 3 rings (SSSR count). The van der Waals surface area contributed by atoms with Crippen molar-refractivity contribution in [2.75, 3.05) is 6.61 Å². The monoisotopic (exact) mass is 350 g/mol. The molecule has 2 aliphatic rings. The summed E-state index contributed by atoms with van der Waals surface area (Å²) in [6, 6.07) is -0.381. The van der Waals surface area contributed by atoms with Gasteiger partial charge in [0, 0.05) is 16.3 Å². The molecule has 130 valence electrons. The number of hydrogen-bond acceptors (Lipinski definition) is 5. The van der Waals surface area contributed by atoms with Crippen molar-refractivity contribution < 1.29 is 19.1 Å². The first kappa shape index (κ1) is 17.0. The minimum Gasteiger partial charge on any atom is -0.452 e. The van der Waals surface area contributed by atoms with E-state index < -0.39 is 24.5 Å². The molecule has 1 heterocycles. The average Bonchev–Trinajstić information content (AvgIpc) is 3.21. The lowest BCUT2D eigenvalue weighted by Crippen LogP contribution is -2.45. The first-order valence-electron chi connectivity index (χ1n) is 8.50. The number of fused-ring (bicyclic) bond motifs is 1. The van der Waals surface area contributed by atoms with E-state index in [1.54, 1.807) is 11.3 Å². The Morgan fingerprint density at radius 2 is 1.88 bits per heavy atom. The smallest absolute Gasteiger partial charge is 0.339 e. The molecule has 0 aliphatic heterocycles. The van der Waals surface area contributed by atoms with Crippen LogP contribution in [0.3, 0.4) is 0 Å². The van der Waals surface area contributed by atoms with Gasteiger partial charge in [-0.2, -0.15) is 0 Å². The standard InChI is InChI=1S/C17H22N2O4S/c20-15(19-17(22)18-11-5-1-2-6-11)9-23-16(21)13-10-24-14-8-4-3-7-12(13)14/h10-11H,1-9H2,(H2,18,19,20,22). The molecule has 1 aromatic rings. The number of nitrogens with one attached hydrogen (secondary N) is 2. The number of ether oxygens (including phenoxy) is 1. The summed E-state index contributed by atoms with van der Waals surface area (Å²) in [5, 5.41) is 6.77. The quantitative estimate of drug-likeness (QED) is 0.817. The Morgan fingerprint density at radius 1 is 1.12 bits per heavy atom. The summed E-state index contributed by atoms with van der Waals surface area (Å²) in [6.07, 6.45) is 8.21. The molecule has 2 N–H and O–H groups in total. The molecule has 0 unspecified atom stereocenters. The fourth-order valence-corrected chi connectivity index (χ4v) is 4.44. The van der Waals surface area contributed by atoms with E-state index >= 15 is 0 Å². The van der Waals surface area contributed by atoms with Crippen LogP contribution in [0.1, 0.15) is 59.3 Å².